The number of piperidine rings is 1. The fourth-order valence-electron chi connectivity index (χ4n) is 2.45. The lowest BCUT2D eigenvalue weighted by Gasteiger charge is -2.32. The third kappa shape index (κ3) is 4.12. The number of rotatable bonds is 4. The molecule has 1 aliphatic rings. The first kappa shape index (κ1) is 13.5. The summed E-state index contributed by atoms with van der Waals surface area (Å²) in [4.78, 5) is 12.1. The van der Waals surface area contributed by atoms with Gasteiger partial charge in [-0.15, -0.1) is 0 Å². The smallest absolute Gasteiger partial charge is 0.237 e. The van der Waals surface area contributed by atoms with E-state index in [1.54, 1.807) is 0 Å². The minimum atomic E-state index is -0.0752. The van der Waals surface area contributed by atoms with Gasteiger partial charge in [-0.05, 0) is 46.5 Å². The fourth-order valence-corrected chi connectivity index (χ4v) is 2.45. The van der Waals surface area contributed by atoms with Gasteiger partial charge in [0.2, 0.25) is 5.91 Å². The lowest BCUT2D eigenvalue weighted by molar-refractivity contribution is -0.125. The number of carbonyl (C=O) groups is 1. The van der Waals surface area contributed by atoms with Crippen LogP contribution in [-0.4, -0.2) is 23.5 Å². The van der Waals surface area contributed by atoms with Crippen LogP contribution >= 0.6 is 0 Å². The molecule has 0 aromatic carbocycles. The van der Waals surface area contributed by atoms with Crippen LogP contribution in [0.2, 0.25) is 0 Å². The van der Waals surface area contributed by atoms with Crippen molar-refractivity contribution in [2.24, 2.45) is 0 Å². The second-order valence-electron chi connectivity index (χ2n) is 5.67. The van der Waals surface area contributed by atoms with Crippen LogP contribution in [0.1, 0.15) is 59.8 Å². The monoisotopic (exact) mass is 226 g/mol. The highest BCUT2D eigenvalue weighted by Gasteiger charge is 2.27. The number of hydrogen-bond acceptors (Lipinski definition) is 2. The van der Waals surface area contributed by atoms with Gasteiger partial charge in [-0.2, -0.15) is 0 Å². The highest BCUT2D eigenvalue weighted by Crippen LogP contribution is 2.15. The normalized spacial score (nSPS) is 26.5. The van der Waals surface area contributed by atoms with E-state index in [0.717, 1.165) is 25.7 Å². The molecule has 2 unspecified atom stereocenters. The molecular weight excluding hydrogens is 200 g/mol. The molecule has 1 amide bonds. The zero-order valence-electron chi connectivity index (χ0n) is 11.1. The summed E-state index contributed by atoms with van der Waals surface area (Å²) in [5, 5.41) is 6.51. The van der Waals surface area contributed by atoms with Crippen LogP contribution < -0.4 is 10.6 Å². The zero-order chi connectivity index (χ0) is 12.2. The molecule has 0 aromatic heterocycles. The molecule has 0 bridgehead atoms. The highest BCUT2D eigenvalue weighted by molar-refractivity contribution is 5.82. The summed E-state index contributed by atoms with van der Waals surface area (Å²) in [6, 6.07) is 0.485. The van der Waals surface area contributed by atoms with E-state index >= 15 is 0 Å². The Labute approximate surface area is 99.4 Å². The second-order valence-corrected chi connectivity index (χ2v) is 5.67. The Morgan fingerprint density at radius 2 is 2.12 bits per heavy atom. The quantitative estimate of drug-likeness (QED) is 0.771. The van der Waals surface area contributed by atoms with Crippen LogP contribution in [0.3, 0.4) is 0 Å². The summed E-state index contributed by atoms with van der Waals surface area (Å²) in [5.74, 6) is 0.171. The van der Waals surface area contributed by atoms with Crippen molar-refractivity contribution in [1.82, 2.24) is 10.6 Å². The molecule has 3 nitrogen and oxygen atoms in total. The predicted molar refractivity (Wildman–Crippen MR) is 67.4 cm³/mol. The van der Waals surface area contributed by atoms with E-state index in [1.807, 2.05) is 0 Å². The lowest BCUT2D eigenvalue weighted by Crippen LogP contribution is -2.55. The van der Waals surface area contributed by atoms with Crippen molar-refractivity contribution in [3.05, 3.63) is 0 Å². The maximum Gasteiger partial charge on any atom is 0.237 e. The molecule has 3 heteroatoms. The Kier molecular flexibility index (Phi) is 4.78. The Morgan fingerprint density at radius 3 is 2.69 bits per heavy atom. The first-order valence-corrected chi connectivity index (χ1v) is 6.52. The molecule has 0 radical (unpaired) electrons. The molecule has 2 N–H and O–H groups in total. The van der Waals surface area contributed by atoms with E-state index in [9.17, 15) is 4.79 Å². The molecule has 1 fully saturated rings. The van der Waals surface area contributed by atoms with Gasteiger partial charge in [0.05, 0.1) is 6.04 Å². The van der Waals surface area contributed by atoms with Crippen LogP contribution in [0.25, 0.3) is 0 Å². The van der Waals surface area contributed by atoms with Gasteiger partial charge in [0.15, 0.2) is 0 Å². The molecule has 94 valence electrons. The Morgan fingerprint density at radius 1 is 1.44 bits per heavy atom. The van der Waals surface area contributed by atoms with E-state index in [4.69, 9.17) is 0 Å². The Balaban J connectivity index is 2.45. The highest BCUT2D eigenvalue weighted by atomic mass is 16.2. The molecule has 1 aliphatic heterocycles. The van der Waals surface area contributed by atoms with Gasteiger partial charge in [0, 0.05) is 11.6 Å². The third-order valence-electron chi connectivity index (χ3n) is 3.27. The third-order valence-corrected chi connectivity index (χ3v) is 3.27. The Bertz CT molecular complexity index is 238. The summed E-state index contributed by atoms with van der Waals surface area (Å²) in [7, 11) is 0. The average Bonchev–Trinajstić information content (AvgIpc) is 2.16. The van der Waals surface area contributed by atoms with Crippen LogP contribution in [0.15, 0.2) is 0 Å². The molecule has 1 rings (SSSR count). The minimum Gasteiger partial charge on any atom is -0.350 e. The summed E-state index contributed by atoms with van der Waals surface area (Å²) < 4.78 is 0. The van der Waals surface area contributed by atoms with Crippen molar-refractivity contribution in [3.63, 3.8) is 0 Å². The van der Waals surface area contributed by atoms with Gasteiger partial charge in [-0.1, -0.05) is 13.3 Å². The molecule has 16 heavy (non-hydrogen) atoms. The van der Waals surface area contributed by atoms with Gasteiger partial charge >= 0.3 is 0 Å². The van der Waals surface area contributed by atoms with Crippen molar-refractivity contribution in [1.29, 1.82) is 0 Å². The van der Waals surface area contributed by atoms with Gasteiger partial charge in [-0.3, -0.25) is 4.79 Å². The topological polar surface area (TPSA) is 41.1 Å². The molecule has 0 saturated carbocycles. The van der Waals surface area contributed by atoms with Gasteiger partial charge < -0.3 is 10.6 Å². The van der Waals surface area contributed by atoms with Crippen molar-refractivity contribution >= 4 is 5.91 Å². The standard InChI is InChI=1S/C13H26N2O/c1-5-9-13(3,4)15-12(16)11-8-6-7-10(2)14-11/h10-11,14H,5-9H2,1-4H3,(H,15,16). The van der Waals surface area contributed by atoms with E-state index < -0.39 is 0 Å². The van der Waals surface area contributed by atoms with Crippen LogP contribution in [-0.2, 0) is 4.79 Å². The molecule has 0 aliphatic carbocycles. The van der Waals surface area contributed by atoms with E-state index in [0.29, 0.717) is 6.04 Å². The summed E-state index contributed by atoms with van der Waals surface area (Å²) in [5.41, 5.74) is -0.0752. The summed E-state index contributed by atoms with van der Waals surface area (Å²) in [6.07, 6.45) is 5.43. The molecule has 1 heterocycles. The van der Waals surface area contributed by atoms with E-state index in [1.165, 1.54) is 6.42 Å². The minimum absolute atomic E-state index is 0.0138. The second kappa shape index (κ2) is 5.67. The van der Waals surface area contributed by atoms with Crippen LogP contribution in [0.5, 0.6) is 0 Å². The van der Waals surface area contributed by atoms with Crippen LogP contribution in [0, 0.1) is 0 Å². The first-order valence-electron chi connectivity index (χ1n) is 6.52. The first-order chi connectivity index (χ1) is 7.44. The van der Waals surface area contributed by atoms with Crippen LogP contribution in [0.4, 0.5) is 0 Å². The van der Waals surface area contributed by atoms with Crippen molar-refractivity contribution in [2.75, 3.05) is 0 Å². The predicted octanol–water partition coefficient (Wildman–Crippen LogP) is 2.21. The summed E-state index contributed by atoms with van der Waals surface area (Å²) in [6.45, 7) is 8.49. The number of carbonyl (C=O) groups excluding carboxylic acids is 1. The van der Waals surface area contributed by atoms with Crippen molar-refractivity contribution in [2.45, 2.75) is 77.4 Å². The number of hydrogen-bond donors (Lipinski definition) is 2. The summed E-state index contributed by atoms with van der Waals surface area (Å²) >= 11 is 0. The van der Waals surface area contributed by atoms with Crippen molar-refractivity contribution < 1.29 is 4.79 Å². The van der Waals surface area contributed by atoms with Gasteiger partial charge in [0.25, 0.3) is 0 Å². The van der Waals surface area contributed by atoms with E-state index in [-0.39, 0.29) is 17.5 Å². The van der Waals surface area contributed by atoms with Gasteiger partial charge in [-0.25, -0.2) is 0 Å². The zero-order valence-corrected chi connectivity index (χ0v) is 11.1. The number of amides is 1. The molecule has 1 saturated heterocycles. The van der Waals surface area contributed by atoms with Crippen molar-refractivity contribution in [3.8, 4) is 0 Å². The molecule has 0 spiro atoms. The largest absolute Gasteiger partial charge is 0.350 e. The fraction of sp³-hybridized carbons (Fsp3) is 0.923. The maximum atomic E-state index is 12.1. The lowest BCUT2D eigenvalue weighted by atomic mass is 9.95. The number of nitrogens with one attached hydrogen (secondary N) is 2. The average molecular weight is 226 g/mol. The molecule has 0 aromatic rings. The molecule has 2 atom stereocenters. The molecular formula is C13H26N2O. The Hall–Kier alpha value is -0.570. The van der Waals surface area contributed by atoms with E-state index in [2.05, 4.69) is 38.3 Å². The van der Waals surface area contributed by atoms with Gasteiger partial charge in [0.1, 0.15) is 0 Å². The SMILES string of the molecule is CCCC(C)(C)NC(=O)C1CCCC(C)N1. The maximum absolute atomic E-state index is 12.1.